The molecule has 2 heterocycles. The van der Waals surface area contributed by atoms with Crippen molar-refractivity contribution >= 4 is 23.3 Å². The van der Waals surface area contributed by atoms with Gasteiger partial charge in [-0.15, -0.1) is 0 Å². The van der Waals surface area contributed by atoms with Gasteiger partial charge in [0, 0.05) is 7.05 Å². The Balaban J connectivity index is 1.78. The number of hydrogen-bond donors (Lipinski definition) is 0. The Morgan fingerprint density at radius 3 is 2.44 bits per heavy atom. The molecule has 0 radical (unpaired) electrons. The van der Waals surface area contributed by atoms with Crippen LogP contribution in [0.1, 0.15) is 17.5 Å². The molecular formula is C19H17N3O3. The minimum atomic E-state index is -1.46. The standard InChI is InChI=1S/C19H17N3O3/c1-13-8-6-7-11-16(13)22-18(24)21(2)17(23)19(22)12-15(20-25-19)14-9-4-3-5-10-14/h3-11H,12H2,1-2H3. The Bertz CT molecular complexity index is 894. The number of oxime groups is 1. The second-order valence-electron chi connectivity index (χ2n) is 6.23. The molecule has 0 aliphatic carbocycles. The molecule has 2 aromatic rings. The first kappa shape index (κ1) is 15.4. The first-order valence-corrected chi connectivity index (χ1v) is 8.03. The molecule has 0 N–H and O–H groups in total. The average Bonchev–Trinajstić information content (AvgIpc) is 3.15. The zero-order valence-corrected chi connectivity index (χ0v) is 14.0. The van der Waals surface area contributed by atoms with Crippen LogP contribution in [0.5, 0.6) is 0 Å². The first-order valence-electron chi connectivity index (χ1n) is 8.03. The van der Waals surface area contributed by atoms with Crippen molar-refractivity contribution in [2.75, 3.05) is 11.9 Å². The molecule has 2 aliphatic heterocycles. The third kappa shape index (κ3) is 2.14. The Labute approximate surface area is 145 Å². The fraction of sp³-hybridized carbons (Fsp3) is 0.211. The summed E-state index contributed by atoms with van der Waals surface area (Å²) in [5.74, 6) is -0.407. The highest BCUT2D eigenvalue weighted by atomic mass is 16.7. The maximum atomic E-state index is 12.9. The van der Waals surface area contributed by atoms with Crippen LogP contribution in [0.25, 0.3) is 0 Å². The number of amides is 3. The van der Waals surface area contributed by atoms with Gasteiger partial charge in [-0.25, -0.2) is 9.69 Å². The van der Waals surface area contributed by atoms with Gasteiger partial charge < -0.3 is 4.84 Å². The molecule has 1 spiro atoms. The lowest BCUT2D eigenvalue weighted by atomic mass is 9.99. The van der Waals surface area contributed by atoms with Gasteiger partial charge in [-0.05, 0) is 24.1 Å². The normalized spacial score (nSPS) is 22.6. The zero-order valence-electron chi connectivity index (χ0n) is 14.0. The summed E-state index contributed by atoms with van der Waals surface area (Å²) in [7, 11) is 1.47. The molecule has 0 aromatic heterocycles. The van der Waals surface area contributed by atoms with Crippen LogP contribution >= 0.6 is 0 Å². The molecule has 1 atom stereocenters. The number of anilines is 1. The topological polar surface area (TPSA) is 62.2 Å². The van der Waals surface area contributed by atoms with E-state index in [2.05, 4.69) is 5.16 Å². The van der Waals surface area contributed by atoms with Crippen LogP contribution in [-0.4, -0.2) is 35.3 Å². The lowest BCUT2D eigenvalue weighted by molar-refractivity contribution is -0.144. The van der Waals surface area contributed by atoms with E-state index in [9.17, 15) is 9.59 Å². The maximum Gasteiger partial charge on any atom is 0.334 e. The number of urea groups is 1. The van der Waals surface area contributed by atoms with Crippen molar-refractivity contribution in [1.82, 2.24) is 4.90 Å². The average molecular weight is 335 g/mol. The molecule has 3 amide bonds. The third-order valence-corrected chi connectivity index (χ3v) is 4.66. The summed E-state index contributed by atoms with van der Waals surface area (Å²) in [5, 5.41) is 4.14. The van der Waals surface area contributed by atoms with Gasteiger partial charge in [-0.2, -0.15) is 0 Å². The van der Waals surface area contributed by atoms with E-state index in [0.29, 0.717) is 11.4 Å². The van der Waals surface area contributed by atoms with Crippen molar-refractivity contribution in [3.63, 3.8) is 0 Å². The fourth-order valence-electron chi connectivity index (χ4n) is 3.30. The Kier molecular flexibility index (Phi) is 3.35. The number of benzene rings is 2. The molecule has 1 unspecified atom stereocenters. The van der Waals surface area contributed by atoms with Gasteiger partial charge in [0.15, 0.2) is 0 Å². The first-order chi connectivity index (χ1) is 12.0. The second kappa shape index (κ2) is 5.44. The quantitative estimate of drug-likeness (QED) is 0.793. The SMILES string of the molecule is Cc1ccccc1N1C(=O)N(C)C(=O)C12CC(c1ccccc1)=NO2. The third-order valence-electron chi connectivity index (χ3n) is 4.66. The Hall–Kier alpha value is -3.15. The predicted molar refractivity (Wildman–Crippen MR) is 93.2 cm³/mol. The van der Waals surface area contributed by atoms with Crippen molar-refractivity contribution < 1.29 is 14.4 Å². The Morgan fingerprint density at radius 1 is 1.04 bits per heavy atom. The molecule has 126 valence electrons. The van der Waals surface area contributed by atoms with Gasteiger partial charge in [-0.3, -0.25) is 9.69 Å². The highest BCUT2D eigenvalue weighted by Gasteiger charge is 2.62. The highest BCUT2D eigenvalue weighted by Crippen LogP contribution is 2.41. The van der Waals surface area contributed by atoms with Crippen molar-refractivity contribution in [2.24, 2.45) is 5.16 Å². The van der Waals surface area contributed by atoms with Crippen LogP contribution in [0.4, 0.5) is 10.5 Å². The molecular weight excluding hydrogens is 318 g/mol. The molecule has 2 aliphatic rings. The second-order valence-corrected chi connectivity index (χ2v) is 6.23. The van der Waals surface area contributed by atoms with Gasteiger partial charge in [-0.1, -0.05) is 53.7 Å². The summed E-state index contributed by atoms with van der Waals surface area (Å²) in [6.45, 7) is 1.90. The number of carbonyl (C=O) groups is 2. The number of hydrogen-bond acceptors (Lipinski definition) is 4. The summed E-state index contributed by atoms with van der Waals surface area (Å²) in [6.07, 6.45) is 0.209. The molecule has 1 saturated heterocycles. The lowest BCUT2D eigenvalue weighted by Crippen LogP contribution is -2.50. The smallest absolute Gasteiger partial charge is 0.334 e. The fourth-order valence-corrected chi connectivity index (χ4v) is 3.30. The maximum absolute atomic E-state index is 12.9. The molecule has 25 heavy (non-hydrogen) atoms. The van der Waals surface area contributed by atoms with Crippen LogP contribution in [-0.2, 0) is 9.63 Å². The molecule has 4 rings (SSSR count). The largest absolute Gasteiger partial charge is 0.355 e. The number of carbonyl (C=O) groups excluding carboxylic acids is 2. The Morgan fingerprint density at radius 2 is 1.72 bits per heavy atom. The van der Waals surface area contributed by atoms with E-state index in [1.165, 1.54) is 11.9 Å². The number of imide groups is 1. The van der Waals surface area contributed by atoms with Crippen molar-refractivity contribution in [1.29, 1.82) is 0 Å². The van der Waals surface area contributed by atoms with Crippen LogP contribution in [0.2, 0.25) is 0 Å². The highest BCUT2D eigenvalue weighted by molar-refractivity contribution is 6.19. The van der Waals surface area contributed by atoms with Gasteiger partial charge in [0.2, 0.25) is 0 Å². The van der Waals surface area contributed by atoms with Gasteiger partial charge in [0.05, 0.1) is 17.8 Å². The van der Waals surface area contributed by atoms with E-state index in [1.54, 1.807) is 0 Å². The predicted octanol–water partition coefficient (Wildman–Crippen LogP) is 2.91. The summed E-state index contributed by atoms with van der Waals surface area (Å²) >= 11 is 0. The van der Waals surface area contributed by atoms with Crippen molar-refractivity contribution in [3.8, 4) is 0 Å². The van der Waals surface area contributed by atoms with E-state index in [0.717, 1.165) is 16.0 Å². The lowest BCUT2D eigenvalue weighted by Gasteiger charge is -2.29. The molecule has 6 heteroatoms. The van der Waals surface area contributed by atoms with E-state index < -0.39 is 17.7 Å². The molecule has 6 nitrogen and oxygen atoms in total. The van der Waals surface area contributed by atoms with Crippen LogP contribution in [0.15, 0.2) is 59.8 Å². The molecule has 0 bridgehead atoms. The molecule has 0 saturated carbocycles. The van der Waals surface area contributed by atoms with Gasteiger partial charge in [0.1, 0.15) is 0 Å². The summed E-state index contributed by atoms with van der Waals surface area (Å²) < 4.78 is 0. The van der Waals surface area contributed by atoms with E-state index in [1.807, 2.05) is 61.5 Å². The van der Waals surface area contributed by atoms with E-state index in [-0.39, 0.29) is 6.42 Å². The monoisotopic (exact) mass is 335 g/mol. The number of rotatable bonds is 2. The number of nitrogens with zero attached hydrogens (tertiary/aromatic N) is 3. The van der Waals surface area contributed by atoms with Gasteiger partial charge >= 0.3 is 11.8 Å². The summed E-state index contributed by atoms with van der Waals surface area (Å²) in [6, 6.07) is 16.5. The zero-order chi connectivity index (χ0) is 17.6. The minimum Gasteiger partial charge on any atom is -0.355 e. The number of aryl methyl sites for hydroxylation is 1. The minimum absolute atomic E-state index is 0.209. The summed E-state index contributed by atoms with van der Waals surface area (Å²) in [4.78, 5) is 33.8. The van der Waals surface area contributed by atoms with E-state index in [4.69, 9.17) is 4.84 Å². The summed E-state index contributed by atoms with van der Waals surface area (Å²) in [5.41, 5.74) is 1.60. The number of para-hydroxylation sites is 1. The number of likely N-dealkylation sites (N-methyl/N-ethyl adjacent to an activating group) is 1. The van der Waals surface area contributed by atoms with Crippen molar-refractivity contribution in [3.05, 3.63) is 65.7 Å². The molecule has 2 aromatic carbocycles. The van der Waals surface area contributed by atoms with Crippen LogP contribution in [0.3, 0.4) is 0 Å². The van der Waals surface area contributed by atoms with E-state index >= 15 is 0 Å². The van der Waals surface area contributed by atoms with Gasteiger partial charge in [0.25, 0.3) is 5.91 Å². The van der Waals surface area contributed by atoms with Crippen LogP contribution in [0, 0.1) is 6.92 Å². The van der Waals surface area contributed by atoms with Crippen molar-refractivity contribution in [2.45, 2.75) is 19.1 Å². The van der Waals surface area contributed by atoms with Crippen LogP contribution < -0.4 is 4.90 Å². The molecule has 1 fully saturated rings.